The van der Waals surface area contributed by atoms with Crippen molar-refractivity contribution < 1.29 is 22.7 Å². The Labute approximate surface area is 181 Å². The number of methoxy groups -OCH3 is 1. The van der Waals surface area contributed by atoms with Gasteiger partial charge in [-0.05, 0) is 43.2 Å². The van der Waals surface area contributed by atoms with Crippen LogP contribution in [-0.2, 0) is 19.6 Å². The number of piperidine rings is 1. The average molecular weight is 442 g/mol. The number of amides is 1. The van der Waals surface area contributed by atoms with Crippen LogP contribution in [-0.4, -0.2) is 51.8 Å². The van der Waals surface area contributed by atoms with Crippen molar-refractivity contribution in [2.75, 3.05) is 32.1 Å². The highest BCUT2D eigenvalue weighted by Crippen LogP contribution is 2.28. The maximum atomic E-state index is 13.1. The van der Waals surface area contributed by atoms with Crippen molar-refractivity contribution in [1.82, 2.24) is 4.31 Å². The Kier molecular flexibility index (Phi) is 6.73. The first kappa shape index (κ1) is 22.5. The Balaban J connectivity index is 1.72. The van der Waals surface area contributed by atoms with Gasteiger partial charge in [-0.15, -0.1) is 0 Å². The van der Waals surface area contributed by atoms with Gasteiger partial charge in [0, 0.05) is 31.7 Å². The first-order valence-corrected chi connectivity index (χ1v) is 11.2. The fraction of sp³-hybridized carbons (Fsp3) is 0.318. The summed E-state index contributed by atoms with van der Waals surface area (Å²) in [5.41, 5.74) is 1.06. The van der Waals surface area contributed by atoms with Crippen molar-refractivity contribution >= 4 is 27.6 Å². The van der Waals surface area contributed by atoms with Crippen LogP contribution in [0.2, 0.25) is 0 Å². The smallest absolute Gasteiger partial charge is 0.339 e. The molecule has 162 valence electrons. The first-order valence-electron chi connectivity index (χ1n) is 9.75. The quantitative estimate of drug-likeness (QED) is 0.660. The average Bonchev–Trinajstić information content (AvgIpc) is 2.82. The number of ether oxygens (including phenoxy) is 1. The number of esters is 1. The Bertz CT molecular complexity index is 1130. The molecule has 1 saturated heterocycles. The Morgan fingerprint density at radius 1 is 1.13 bits per heavy atom. The number of rotatable bonds is 5. The lowest BCUT2D eigenvalue weighted by atomic mass is 9.96. The first-order chi connectivity index (χ1) is 14.8. The van der Waals surface area contributed by atoms with E-state index in [1.165, 1.54) is 28.4 Å². The van der Waals surface area contributed by atoms with E-state index in [0.29, 0.717) is 24.1 Å². The van der Waals surface area contributed by atoms with E-state index in [1.54, 1.807) is 43.4 Å². The van der Waals surface area contributed by atoms with Gasteiger partial charge in [-0.25, -0.2) is 13.2 Å². The third kappa shape index (κ3) is 4.60. The molecular weight excluding hydrogens is 418 g/mol. The Morgan fingerprint density at radius 3 is 2.45 bits per heavy atom. The van der Waals surface area contributed by atoms with Crippen LogP contribution >= 0.6 is 0 Å². The second-order valence-electron chi connectivity index (χ2n) is 7.23. The number of carbonyl (C=O) groups is 2. The molecule has 0 spiro atoms. The van der Waals surface area contributed by atoms with Gasteiger partial charge in [0.2, 0.25) is 15.9 Å². The monoisotopic (exact) mass is 441 g/mol. The summed E-state index contributed by atoms with van der Waals surface area (Å²) < 4.78 is 32.2. The van der Waals surface area contributed by atoms with Gasteiger partial charge in [-0.2, -0.15) is 9.57 Å². The molecule has 1 aliphatic rings. The normalized spacial score (nSPS) is 15.1. The van der Waals surface area contributed by atoms with Crippen molar-refractivity contribution in [3.63, 3.8) is 0 Å². The van der Waals surface area contributed by atoms with E-state index in [4.69, 9.17) is 10.00 Å². The molecule has 0 N–H and O–H groups in total. The predicted molar refractivity (Wildman–Crippen MR) is 114 cm³/mol. The second-order valence-corrected chi connectivity index (χ2v) is 9.13. The van der Waals surface area contributed by atoms with E-state index in [0.717, 1.165) is 0 Å². The van der Waals surface area contributed by atoms with E-state index in [2.05, 4.69) is 6.07 Å². The number of hydrogen-bond donors (Lipinski definition) is 0. The lowest BCUT2D eigenvalue weighted by Crippen LogP contribution is -2.43. The van der Waals surface area contributed by atoms with Gasteiger partial charge >= 0.3 is 5.97 Å². The second kappa shape index (κ2) is 9.29. The maximum Gasteiger partial charge on any atom is 0.339 e. The van der Waals surface area contributed by atoms with Gasteiger partial charge in [0.15, 0.2) is 0 Å². The van der Waals surface area contributed by atoms with Crippen LogP contribution in [0.1, 0.15) is 28.8 Å². The summed E-state index contributed by atoms with van der Waals surface area (Å²) in [6, 6.07) is 14.8. The summed E-state index contributed by atoms with van der Waals surface area (Å²) in [6.45, 7) is 0.334. The van der Waals surface area contributed by atoms with Crippen LogP contribution in [0.5, 0.6) is 0 Å². The number of nitriles is 1. The molecule has 1 aliphatic heterocycles. The van der Waals surface area contributed by atoms with Gasteiger partial charge in [0.25, 0.3) is 0 Å². The lowest BCUT2D eigenvalue weighted by Gasteiger charge is -2.32. The number of benzene rings is 2. The zero-order valence-corrected chi connectivity index (χ0v) is 18.1. The van der Waals surface area contributed by atoms with Gasteiger partial charge in [0.1, 0.15) is 0 Å². The van der Waals surface area contributed by atoms with Crippen LogP contribution in [0.25, 0.3) is 0 Å². The van der Waals surface area contributed by atoms with Crippen LogP contribution in [0.3, 0.4) is 0 Å². The Hall–Kier alpha value is -3.22. The minimum Gasteiger partial charge on any atom is -0.465 e. The number of sulfonamides is 1. The SMILES string of the molecule is COC(=O)c1ccccc1S(=O)(=O)N1CCC(C(=O)N(C)c2cccc(C#N)c2)CC1. The van der Waals surface area contributed by atoms with Crippen molar-refractivity contribution in [3.8, 4) is 6.07 Å². The van der Waals surface area contributed by atoms with E-state index < -0.39 is 16.0 Å². The number of carbonyl (C=O) groups excluding carboxylic acids is 2. The van der Waals surface area contributed by atoms with Crippen molar-refractivity contribution in [2.24, 2.45) is 5.92 Å². The summed E-state index contributed by atoms with van der Waals surface area (Å²) in [6.07, 6.45) is 0.724. The standard InChI is InChI=1S/C22H23N3O5S/c1-24(18-7-5-6-16(14-18)15-23)21(26)17-10-12-25(13-11-17)31(28,29)20-9-4-3-8-19(20)22(27)30-2/h3-9,14,17H,10-13H2,1-2H3. The van der Waals surface area contributed by atoms with Crippen LogP contribution in [0.4, 0.5) is 5.69 Å². The Morgan fingerprint density at radius 2 is 1.81 bits per heavy atom. The molecule has 0 aromatic heterocycles. The minimum atomic E-state index is -3.91. The molecule has 2 aromatic carbocycles. The molecule has 0 saturated carbocycles. The zero-order valence-electron chi connectivity index (χ0n) is 17.3. The molecule has 1 heterocycles. The van der Waals surface area contributed by atoms with E-state index in [9.17, 15) is 18.0 Å². The van der Waals surface area contributed by atoms with E-state index in [-0.39, 0.29) is 35.4 Å². The molecule has 0 unspecified atom stereocenters. The highest BCUT2D eigenvalue weighted by Gasteiger charge is 2.35. The fourth-order valence-electron chi connectivity index (χ4n) is 3.64. The molecule has 9 heteroatoms. The van der Waals surface area contributed by atoms with Gasteiger partial charge in [-0.3, -0.25) is 4.79 Å². The molecule has 1 fully saturated rings. The zero-order chi connectivity index (χ0) is 22.6. The van der Waals surface area contributed by atoms with Crippen molar-refractivity contribution in [3.05, 3.63) is 59.7 Å². The van der Waals surface area contributed by atoms with Crippen LogP contribution in [0.15, 0.2) is 53.4 Å². The molecule has 3 rings (SSSR count). The predicted octanol–water partition coefficient (Wildman–Crippen LogP) is 2.41. The summed E-state index contributed by atoms with van der Waals surface area (Å²) in [5.74, 6) is -1.18. The third-order valence-corrected chi connectivity index (χ3v) is 7.36. The highest BCUT2D eigenvalue weighted by molar-refractivity contribution is 7.89. The van der Waals surface area contributed by atoms with Gasteiger partial charge in [-0.1, -0.05) is 18.2 Å². The number of anilines is 1. The molecule has 0 bridgehead atoms. The molecule has 2 aromatic rings. The maximum absolute atomic E-state index is 13.1. The number of hydrogen-bond acceptors (Lipinski definition) is 6. The fourth-order valence-corrected chi connectivity index (χ4v) is 5.29. The molecule has 0 atom stereocenters. The minimum absolute atomic E-state index is 0.0136. The van der Waals surface area contributed by atoms with Crippen LogP contribution < -0.4 is 4.90 Å². The summed E-state index contributed by atoms with van der Waals surface area (Å²) in [4.78, 5) is 26.3. The topological polar surface area (TPSA) is 108 Å². The van der Waals surface area contributed by atoms with E-state index >= 15 is 0 Å². The summed E-state index contributed by atoms with van der Waals surface area (Å²) >= 11 is 0. The largest absolute Gasteiger partial charge is 0.465 e. The van der Waals surface area contributed by atoms with Crippen molar-refractivity contribution in [2.45, 2.75) is 17.7 Å². The third-order valence-electron chi connectivity index (χ3n) is 5.41. The van der Waals surface area contributed by atoms with E-state index in [1.807, 2.05) is 0 Å². The van der Waals surface area contributed by atoms with Crippen molar-refractivity contribution in [1.29, 1.82) is 5.26 Å². The number of nitrogens with zero attached hydrogens (tertiary/aromatic N) is 3. The highest BCUT2D eigenvalue weighted by atomic mass is 32.2. The molecule has 1 amide bonds. The molecule has 0 aliphatic carbocycles. The molecule has 8 nitrogen and oxygen atoms in total. The summed E-state index contributed by atoms with van der Waals surface area (Å²) in [5, 5.41) is 9.06. The lowest BCUT2D eigenvalue weighted by molar-refractivity contribution is -0.123. The molecule has 31 heavy (non-hydrogen) atoms. The summed E-state index contributed by atoms with van der Waals surface area (Å²) in [7, 11) is -1.06. The van der Waals surface area contributed by atoms with Gasteiger partial charge < -0.3 is 9.64 Å². The van der Waals surface area contributed by atoms with Gasteiger partial charge in [0.05, 0.1) is 29.2 Å². The molecular formula is C22H23N3O5S. The molecule has 0 radical (unpaired) electrons. The van der Waals surface area contributed by atoms with Crippen LogP contribution in [0, 0.1) is 17.2 Å².